The Labute approximate surface area is 235 Å². The normalized spacial score (nSPS) is 18.1. The molecule has 1 fully saturated rings. The predicted octanol–water partition coefficient (Wildman–Crippen LogP) is 5.14. The number of carbonyl (C=O) groups is 5. The van der Waals surface area contributed by atoms with Crippen molar-refractivity contribution in [1.82, 2.24) is 10.0 Å². The van der Waals surface area contributed by atoms with Gasteiger partial charge < -0.3 is 4.74 Å². The minimum atomic E-state index is -0.677. The molecule has 1 heterocycles. The second kappa shape index (κ2) is 11.3. The molecule has 3 aromatic carbocycles. The summed E-state index contributed by atoms with van der Waals surface area (Å²) in [6, 6.07) is 20.3. The Morgan fingerprint density at radius 1 is 0.850 bits per heavy atom. The SMILES string of the molecule is CC1=CC[C@H]2C(=O)N(N(CC(=O)c3ccc(OC(=O)c4ccccc4)cc3)C(=O)c3ccc(Cl)cc3)C(=O)[C@H]2C1. The fourth-order valence-corrected chi connectivity index (χ4v) is 5.04. The smallest absolute Gasteiger partial charge is 0.343 e. The van der Waals surface area contributed by atoms with Gasteiger partial charge in [-0.2, -0.15) is 5.01 Å². The van der Waals surface area contributed by atoms with Crippen LogP contribution < -0.4 is 4.74 Å². The maximum atomic E-state index is 13.6. The molecular formula is C31H25ClN2O6. The lowest BCUT2D eigenvalue weighted by atomic mass is 9.82. The summed E-state index contributed by atoms with van der Waals surface area (Å²) in [5, 5.41) is 2.17. The maximum Gasteiger partial charge on any atom is 0.343 e. The molecule has 2 atom stereocenters. The van der Waals surface area contributed by atoms with Gasteiger partial charge >= 0.3 is 5.97 Å². The highest BCUT2D eigenvalue weighted by molar-refractivity contribution is 6.30. The summed E-state index contributed by atoms with van der Waals surface area (Å²) in [5.41, 5.74) is 1.77. The Kier molecular flexibility index (Phi) is 7.62. The van der Waals surface area contributed by atoms with Gasteiger partial charge in [0.15, 0.2) is 5.78 Å². The van der Waals surface area contributed by atoms with Gasteiger partial charge in [-0.25, -0.2) is 9.80 Å². The third-order valence-corrected chi connectivity index (χ3v) is 7.31. The average Bonchev–Trinajstić information content (AvgIpc) is 3.21. The van der Waals surface area contributed by atoms with E-state index in [-0.39, 0.29) is 16.9 Å². The number of amides is 3. The molecule has 0 N–H and O–H groups in total. The number of rotatable bonds is 7. The van der Waals surface area contributed by atoms with Crippen LogP contribution in [0.3, 0.4) is 0 Å². The first kappa shape index (κ1) is 27.0. The first-order valence-corrected chi connectivity index (χ1v) is 13.1. The summed E-state index contributed by atoms with van der Waals surface area (Å²) in [6.45, 7) is 1.35. The molecule has 202 valence electrons. The Bertz CT molecular complexity index is 1520. The van der Waals surface area contributed by atoms with Crippen LogP contribution in [0.2, 0.25) is 5.02 Å². The number of hydrogen-bond acceptors (Lipinski definition) is 6. The summed E-state index contributed by atoms with van der Waals surface area (Å²) in [4.78, 5) is 66.1. The van der Waals surface area contributed by atoms with E-state index < -0.39 is 47.9 Å². The minimum Gasteiger partial charge on any atom is -0.423 e. The molecule has 0 unspecified atom stereocenters. The molecule has 3 amide bonds. The Hall–Kier alpha value is -4.56. The fourth-order valence-electron chi connectivity index (χ4n) is 4.91. The van der Waals surface area contributed by atoms with Crippen LogP contribution >= 0.6 is 11.6 Å². The Morgan fingerprint density at radius 2 is 1.48 bits per heavy atom. The number of esters is 1. The third kappa shape index (κ3) is 5.44. The molecule has 1 aliphatic heterocycles. The Balaban J connectivity index is 1.38. The topological polar surface area (TPSA) is 101 Å². The Morgan fingerprint density at radius 3 is 2.15 bits per heavy atom. The molecule has 40 heavy (non-hydrogen) atoms. The minimum absolute atomic E-state index is 0.171. The van der Waals surface area contributed by atoms with Gasteiger partial charge in [0.05, 0.1) is 17.4 Å². The number of carbonyl (C=O) groups excluding carboxylic acids is 5. The number of hydrogen-bond donors (Lipinski definition) is 0. The number of imide groups is 1. The zero-order chi connectivity index (χ0) is 28.4. The van der Waals surface area contributed by atoms with E-state index in [0.29, 0.717) is 23.4 Å². The van der Waals surface area contributed by atoms with Gasteiger partial charge in [0, 0.05) is 16.1 Å². The highest BCUT2D eigenvalue weighted by Crippen LogP contribution is 2.38. The molecule has 0 radical (unpaired) electrons. The zero-order valence-corrected chi connectivity index (χ0v) is 22.3. The van der Waals surface area contributed by atoms with E-state index in [2.05, 4.69) is 0 Å². The van der Waals surface area contributed by atoms with E-state index in [9.17, 15) is 24.0 Å². The monoisotopic (exact) mass is 556 g/mol. The van der Waals surface area contributed by atoms with E-state index in [0.717, 1.165) is 15.6 Å². The number of hydrazine groups is 1. The van der Waals surface area contributed by atoms with Crippen LogP contribution in [-0.2, 0) is 9.59 Å². The summed E-state index contributed by atoms with van der Waals surface area (Å²) < 4.78 is 5.37. The quantitative estimate of drug-likeness (QED) is 0.131. The van der Waals surface area contributed by atoms with Crippen molar-refractivity contribution in [3.8, 4) is 5.75 Å². The molecule has 3 aromatic rings. The lowest BCUT2D eigenvalue weighted by Gasteiger charge is -2.30. The lowest BCUT2D eigenvalue weighted by Crippen LogP contribution is -2.52. The summed E-state index contributed by atoms with van der Waals surface area (Å²) in [5.74, 6) is -3.65. The van der Waals surface area contributed by atoms with Crippen LogP contribution in [-0.4, -0.2) is 46.0 Å². The van der Waals surface area contributed by atoms with E-state index in [1.165, 1.54) is 48.5 Å². The van der Waals surface area contributed by atoms with Crippen LogP contribution in [0.5, 0.6) is 5.75 Å². The number of Topliss-reactive ketones (excluding diaryl/α,β-unsaturated/α-hetero) is 1. The average molecular weight is 557 g/mol. The molecule has 5 rings (SSSR count). The van der Waals surface area contributed by atoms with Gasteiger partial charge in [0.1, 0.15) is 12.3 Å². The van der Waals surface area contributed by atoms with Crippen LogP contribution in [0.25, 0.3) is 0 Å². The number of nitrogens with zero attached hydrogens (tertiary/aromatic N) is 2. The standard InChI is InChI=1S/C31H25ClN2O6/c1-19-7-16-25-26(17-19)30(38)34(29(25)37)33(28(36)21-8-12-23(32)13-9-21)18-27(35)20-10-14-24(15-11-20)40-31(39)22-5-3-2-4-6-22/h2-15,25-26H,16-18H2,1H3/t25-,26+/m1/s1. The van der Waals surface area contributed by atoms with Crippen LogP contribution in [0.15, 0.2) is 90.5 Å². The number of benzene rings is 3. The molecular weight excluding hydrogens is 532 g/mol. The molecule has 0 bridgehead atoms. The van der Waals surface area contributed by atoms with Crippen LogP contribution in [0.1, 0.15) is 50.8 Å². The van der Waals surface area contributed by atoms with Gasteiger partial charge in [0.25, 0.3) is 17.7 Å². The predicted molar refractivity (Wildman–Crippen MR) is 146 cm³/mol. The lowest BCUT2D eigenvalue weighted by molar-refractivity contribution is -0.154. The van der Waals surface area contributed by atoms with Crippen LogP contribution in [0, 0.1) is 11.8 Å². The number of fused-ring (bicyclic) bond motifs is 1. The summed E-state index contributed by atoms with van der Waals surface area (Å²) >= 11 is 5.97. The molecule has 1 aliphatic carbocycles. The van der Waals surface area contributed by atoms with Crippen molar-refractivity contribution < 1.29 is 28.7 Å². The highest BCUT2D eigenvalue weighted by atomic mass is 35.5. The van der Waals surface area contributed by atoms with E-state index in [1.807, 2.05) is 13.0 Å². The number of ketones is 1. The van der Waals surface area contributed by atoms with E-state index in [1.54, 1.807) is 30.3 Å². The molecule has 8 nitrogen and oxygen atoms in total. The largest absolute Gasteiger partial charge is 0.423 e. The van der Waals surface area contributed by atoms with Crippen LogP contribution in [0.4, 0.5) is 0 Å². The summed E-state index contributed by atoms with van der Waals surface area (Å²) in [7, 11) is 0. The molecule has 2 aliphatic rings. The van der Waals surface area contributed by atoms with Gasteiger partial charge in [-0.15, -0.1) is 0 Å². The zero-order valence-electron chi connectivity index (χ0n) is 21.6. The van der Waals surface area contributed by atoms with Crippen molar-refractivity contribution in [2.75, 3.05) is 6.54 Å². The number of ether oxygens (including phenoxy) is 1. The summed E-state index contributed by atoms with van der Waals surface area (Å²) in [6.07, 6.45) is 2.75. The number of halogens is 1. The second-order valence-corrected chi connectivity index (χ2v) is 10.2. The van der Waals surface area contributed by atoms with Gasteiger partial charge in [0.2, 0.25) is 0 Å². The molecule has 1 saturated heterocycles. The molecule has 0 aromatic heterocycles. The molecule has 9 heteroatoms. The first-order valence-electron chi connectivity index (χ1n) is 12.7. The van der Waals surface area contributed by atoms with E-state index in [4.69, 9.17) is 16.3 Å². The first-order chi connectivity index (χ1) is 19.2. The molecule has 0 saturated carbocycles. The second-order valence-electron chi connectivity index (χ2n) is 9.76. The van der Waals surface area contributed by atoms with Gasteiger partial charge in [-0.05, 0) is 80.4 Å². The van der Waals surface area contributed by atoms with Crippen molar-refractivity contribution in [1.29, 1.82) is 0 Å². The van der Waals surface area contributed by atoms with Crippen molar-refractivity contribution in [3.63, 3.8) is 0 Å². The third-order valence-electron chi connectivity index (χ3n) is 7.06. The van der Waals surface area contributed by atoms with Crippen molar-refractivity contribution in [3.05, 3.63) is 112 Å². The van der Waals surface area contributed by atoms with Crippen molar-refractivity contribution >= 4 is 41.1 Å². The highest BCUT2D eigenvalue weighted by Gasteiger charge is 2.51. The van der Waals surface area contributed by atoms with Gasteiger partial charge in [-0.3, -0.25) is 19.2 Å². The van der Waals surface area contributed by atoms with Gasteiger partial charge in [-0.1, -0.05) is 41.4 Å². The number of allylic oxidation sites excluding steroid dienone is 2. The van der Waals surface area contributed by atoms with Crippen molar-refractivity contribution in [2.45, 2.75) is 19.8 Å². The van der Waals surface area contributed by atoms with E-state index >= 15 is 0 Å². The molecule has 0 spiro atoms. The van der Waals surface area contributed by atoms with Crippen molar-refractivity contribution in [2.24, 2.45) is 11.8 Å². The fraction of sp³-hybridized carbons (Fsp3) is 0.194. The maximum absolute atomic E-state index is 13.6.